The van der Waals surface area contributed by atoms with Gasteiger partial charge >= 0.3 is 5.97 Å². The molecule has 1 rings (SSSR count). The SMILES string of the molecule is CCC(SCc1cccc(O)c1)C(=O)O. The van der Waals surface area contributed by atoms with E-state index in [0.29, 0.717) is 12.2 Å². The molecule has 0 amide bonds. The molecular formula is C11H14O3S. The highest BCUT2D eigenvalue weighted by molar-refractivity contribution is 7.99. The number of benzene rings is 1. The maximum absolute atomic E-state index is 10.7. The first-order valence-corrected chi connectivity index (χ1v) is 5.80. The van der Waals surface area contributed by atoms with Crippen molar-refractivity contribution >= 4 is 17.7 Å². The number of aliphatic carboxylic acids is 1. The zero-order chi connectivity index (χ0) is 11.3. The van der Waals surface area contributed by atoms with Gasteiger partial charge in [0.1, 0.15) is 11.0 Å². The summed E-state index contributed by atoms with van der Waals surface area (Å²) in [7, 11) is 0. The number of carboxylic acid groups (broad SMARTS) is 1. The molecule has 82 valence electrons. The quantitative estimate of drug-likeness (QED) is 0.809. The van der Waals surface area contributed by atoms with E-state index in [-0.39, 0.29) is 11.0 Å². The van der Waals surface area contributed by atoms with Crippen molar-refractivity contribution in [1.29, 1.82) is 0 Å². The van der Waals surface area contributed by atoms with E-state index >= 15 is 0 Å². The summed E-state index contributed by atoms with van der Waals surface area (Å²) in [5.74, 6) is 0.0540. The summed E-state index contributed by atoms with van der Waals surface area (Å²) in [6.07, 6.45) is 0.610. The minimum atomic E-state index is -0.775. The fourth-order valence-electron chi connectivity index (χ4n) is 1.21. The molecule has 0 bridgehead atoms. The Morgan fingerprint density at radius 2 is 2.27 bits per heavy atom. The number of hydrogen-bond acceptors (Lipinski definition) is 3. The van der Waals surface area contributed by atoms with E-state index in [4.69, 9.17) is 5.11 Å². The van der Waals surface area contributed by atoms with Gasteiger partial charge in [-0.1, -0.05) is 19.1 Å². The second-order valence-corrected chi connectivity index (χ2v) is 4.41. The molecule has 4 heteroatoms. The van der Waals surface area contributed by atoms with Crippen molar-refractivity contribution < 1.29 is 15.0 Å². The van der Waals surface area contributed by atoms with Crippen LogP contribution in [0.4, 0.5) is 0 Å². The average molecular weight is 226 g/mol. The fourth-order valence-corrected chi connectivity index (χ4v) is 2.16. The van der Waals surface area contributed by atoms with Crippen molar-refractivity contribution in [2.75, 3.05) is 0 Å². The average Bonchev–Trinajstić information content (AvgIpc) is 2.18. The van der Waals surface area contributed by atoms with Gasteiger partial charge in [0, 0.05) is 5.75 Å². The van der Waals surface area contributed by atoms with Crippen LogP contribution in [0.1, 0.15) is 18.9 Å². The van der Waals surface area contributed by atoms with Gasteiger partial charge in [-0.05, 0) is 24.1 Å². The normalized spacial score (nSPS) is 12.3. The van der Waals surface area contributed by atoms with Crippen LogP contribution in [0.25, 0.3) is 0 Å². The number of hydrogen-bond donors (Lipinski definition) is 2. The fraction of sp³-hybridized carbons (Fsp3) is 0.364. The Hall–Kier alpha value is -1.16. The van der Waals surface area contributed by atoms with Crippen molar-refractivity contribution in [3.8, 4) is 5.75 Å². The van der Waals surface area contributed by atoms with E-state index in [1.165, 1.54) is 11.8 Å². The van der Waals surface area contributed by atoms with E-state index in [2.05, 4.69) is 0 Å². The zero-order valence-corrected chi connectivity index (χ0v) is 9.33. The lowest BCUT2D eigenvalue weighted by atomic mass is 10.2. The molecule has 3 nitrogen and oxygen atoms in total. The molecule has 0 aliphatic rings. The van der Waals surface area contributed by atoms with Crippen molar-refractivity contribution in [1.82, 2.24) is 0 Å². The summed E-state index contributed by atoms with van der Waals surface area (Å²) >= 11 is 1.38. The number of rotatable bonds is 5. The number of phenolic OH excluding ortho intramolecular Hbond substituents is 1. The lowest BCUT2D eigenvalue weighted by Crippen LogP contribution is -2.14. The first kappa shape index (κ1) is 11.9. The van der Waals surface area contributed by atoms with Gasteiger partial charge in [0.15, 0.2) is 0 Å². The molecule has 0 aliphatic heterocycles. The van der Waals surface area contributed by atoms with Crippen LogP contribution >= 0.6 is 11.8 Å². The maximum atomic E-state index is 10.7. The molecule has 15 heavy (non-hydrogen) atoms. The molecule has 1 unspecified atom stereocenters. The van der Waals surface area contributed by atoms with Gasteiger partial charge in [-0.2, -0.15) is 0 Å². The highest BCUT2D eigenvalue weighted by Crippen LogP contribution is 2.22. The molecule has 0 saturated carbocycles. The number of carbonyl (C=O) groups is 1. The molecule has 0 aromatic heterocycles. The summed E-state index contributed by atoms with van der Waals surface area (Å²) in [6.45, 7) is 1.86. The molecule has 0 saturated heterocycles. The summed E-state index contributed by atoms with van der Waals surface area (Å²) in [6, 6.07) is 6.89. The van der Waals surface area contributed by atoms with Crippen LogP contribution in [0.15, 0.2) is 24.3 Å². The van der Waals surface area contributed by atoms with Gasteiger partial charge in [-0.3, -0.25) is 4.79 Å². The number of carboxylic acids is 1. The van der Waals surface area contributed by atoms with Gasteiger partial charge in [0.2, 0.25) is 0 Å². The maximum Gasteiger partial charge on any atom is 0.316 e. The highest BCUT2D eigenvalue weighted by Gasteiger charge is 2.14. The van der Waals surface area contributed by atoms with Crippen LogP contribution in [0, 0.1) is 0 Å². The van der Waals surface area contributed by atoms with Gasteiger partial charge in [0.05, 0.1) is 0 Å². The summed E-state index contributed by atoms with van der Waals surface area (Å²) in [4.78, 5) is 10.7. The van der Waals surface area contributed by atoms with Crippen LogP contribution in [0.3, 0.4) is 0 Å². The van der Waals surface area contributed by atoms with E-state index < -0.39 is 5.97 Å². The smallest absolute Gasteiger partial charge is 0.316 e. The van der Waals surface area contributed by atoms with E-state index in [9.17, 15) is 9.90 Å². The highest BCUT2D eigenvalue weighted by atomic mass is 32.2. The molecule has 1 aromatic carbocycles. The third kappa shape index (κ3) is 3.83. The predicted octanol–water partition coefficient (Wildman–Crippen LogP) is 2.49. The Kier molecular flexibility index (Phi) is 4.49. The van der Waals surface area contributed by atoms with E-state index in [1.807, 2.05) is 13.0 Å². The first-order chi connectivity index (χ1) is 7.13. The van der Waals surface area contributed by atoms with Crippen molar-refractivity contribution in [3.05, 3.63) is 29.8 Å². The van der Waals surface area contributed by atoms with Gasteiger partial charge in [0.25, 0.3) is 0 Å². The number of aromatic hydroxyl groups is 1. The number of thioether (sulfide) groups is 1. The van der Waals surface area contributed by atoms with Gasteiger partial charge in [-0.25, -0.2) is 0 Å². The monoisotopic (exact) mass is 226 g/mol. The first-order valence-electron chi connectivity index (χ1n) is 4.75. The van der Waals surface area contributed by atoms with Crippen LogP contribution < -0.4 is 0 Å². The minimum absolute atomic E-state index is 0.219. The molecule has 0 fully saturated rings. The largest absolute Gasteiger partial charge is 0.508 e. The van der Waals surface area contributed by atoms with Crippen molar-refractivity contribution in [3.63, 3.8) is 0 Å². The topological polar surface area (TPSA) is 57.5 Å². The molecule has 2 N–H and O–H groups in total. The minimum Gasteiger partial charge on any atom is -0.508 e. The second-order valence-electron chi connectivity index (χ2n) is 3.22. The predicted molar refractivity (Wildman–Crippen MR) is 61.1 cm³/mol. The van der Waals surface area contributed by atoms with Crippen molar-refractivity contribution in [2.24, 2.45) is 0 Å². The third-order valence-corrected chi connectivity index (χ3v) is 3.45. The summed E-state index contributed by atoms with van der Waals surface area (Å²) in [5, 5.41) is 17.7. The molecular weight excluding hydrogens is 212 g/mol. The molecule has 0 heterocycles. The molecule has 1 aromatic rings. The van der Waals surface area contributed by atoms with Crippen LogP contribution in [-0.4, -0.2) is 21.4 Å². The summed E-state index contributed by atoms with van der Waals surface area (Å²) < 4.78 is 0. The Balaban J connectivity index is 2.52. The summed E-state index contributed by atoms with van der Waals surface area (Å²) in [5.41, 5.74) is 0.944. The Bertz CT molecular complexity index is 338. The molecule has 0 radical (unpaired) electrons. The van der Waals surface area contributed by atoms with Gasteiger partial charge < -0.3 is 10.2 Å². The lowest BCUT2D eigenvalue weighted by Gasteiger charge is -2.09. The Morgan fingerprint density at radius 1 is 1.53 bits per heavy atom. The standard InChI is InChI=1S/C11H14O3S/c1-2-10(11(13)14)15-7-8-4-3-5-9(12)6-8/h3-6,10,12H,2,7H2,1H3,(H,13,14). The molecule has 1 atom stereocenters. The Morgan fingerprint density at radius 3 is 2.80 bits per heavy atom. The van der Waals surface area contributed by atoms with Crippen molar-refractivity contribution in [2.45, 2.75) is 24.3 Å². The molecule has 0 spiro atoms. The molecule has 0 aliphatic carbocycles. The zero-order valence-electron chi connectivity index (χ0n) is 8.51. The lowest BCUT2D eigenvalue weighted by molar-refractivity contribution is -0.136. The van der Waals surface area contributed by atoms with Crippen LogP contribution in [0.2, 0.25) is 0 Å². The van der Waals surface area contributed by atoms with E-state index in [1.54, 1.807) is 18.2 Å². The van der Waals surface area contributed by atoms with Crippen LogP contribution in [0.5, 0.6) is 5.75 Å². The van der Waals surface area contributed by atoms with Crippen LogP contribution in [-0.2, 0) is 10.5 Å². The third-order valence-electron chi connectivity index (χ3n) is 2.01. The Labute approximate surface area is 93.1 Å². The second kappa shape index (κ2) is 5.66. The van der Waals surface area contributed by atoms with Gasteiger partial charge in [-0.15, -0.1) is 11.8 Å². The van der Waals surface area contributed by atoms with E-state index in [0.717, 1.165) is 5.56 Å². The number of phenols is 1.